The fraction of sp³-hybridized carbons (Fsp3) is 0.333. The van der Waals surface area contributed by atoms with E-state index in [-0.39, 0.29) is 24.2 Å². The smallest absolute Gasteiger partial charge is 0.293 e. The zero-order valence-electron chi connectivity index (χ0n) is 14.8. The van der Waals surface area contributed by atoms with Gasteiger partial charge in [-0.25, -0.2) is 19.3 Å². The zero-order valence-corrected chi connectivity index (χ0v) is 14.8. The second-order valence-electron chi connectivity index (χ2n) is 6.20. The second kappa shape index (κ2) is 7.09. The molecule has 0 amide bonds. The first-order chi connectivity index (χ1) is 12.4. The predicted octanol–water partition coefficient (Wildman–Crippen LogP) is 0.547. The van der Waals surface area contributed by atoms with Crippen molar-refractivity contribution in [2.24, 2.45) is 7.05 Å². The van der Waals surface area contributed by atoms with Gasteiger partial charge in [0, 0.05) is 19.4 Å². The quantitative estimate of drug-likeness (QED) is 0.717. The maximum absolute atomic E-state index is 12.6. The number of aryl methyl sites for hydroxylation is 2. The molecule has 0 bridgehead atoms. The number of rotatable bonds is 5. The van der Waals surface area contributed by atoms with Gasteiger partial charge in [-0.2, -0.15) is 0 Å². The molecule has 2 aromatic heterocycles. The van der Waals surface area contributed by atoms with Gasteiger partial charge in [-0.15, -0.1) is 0 Å². The molecule has 0 saturated heterocycles. The molecule has 0 fully saturated rings. The molecule has 0 radical (unpaired) electrons. The minimum absolute atomic E-state index is 0.0105. The van der Waals surface area contributed by atoms with Gasteiger partial charge in [-0.1, -0.05) is 12.1 Å². The minimum Gasteiger partial charge on any atom is -0.491 e. The first kappa shape index (κ1) is 17.8. The SMILES string of the molecule is Cc1ccc(C)c(OCC(O)Cn2c(=O)c3nccnc3c(=O)n2C)c1. The molecule has 0 aliphatic rings. The molecule has 1 aromatic carbocycles. The third-order valence-corrected chi connectivity index (χ3v) is 4.15. The Morgan fingerprint density at radius 2 is 1.77 bits per heavy atom. The van der Waals surface area contributed by atoms with Crippen molar-refractivity contribution in [1.29, 1.82) is 0 Å². The lowest BCUT2D eigenvalue weighted by Gasteiger charge is -2.17. The summed E-state index contributed by atoms with van der Waals surface area (Å²) in [5.74, 6) is 0.676. The molecule has 136 valence electrons. The number of fused-ring (bicyclic) bond motifs is 1. The van der Waals surface area contributed by atoms with E-state index >= 15 is 0 Å². The number of hydrogen-bond acceptors (Lipinski definition) is 6. The predicted molar refractivity (Wildman–Crippen MR) is 96.5 cm³/mol. The van der Waals surface area contributed by atoms with Crippen LogP contribution in [0.3, 0.4) is 0 Å². The molecule has 26 heavy (non-hydrogen) atoms. The summed E-state index contributed by atoms with van der Waals surface area (Å²) >= 11 is 0. The normalized spacial score (nSPS) is 12.3. The van der Waals surface area contributed by atoms with Crippen LogP contribution in [0.5, 0.6) is 5.75 Å². The minimum atomic E-state index is -0.979. The van der Waals surface area contributed by atoms with Crippen molar-refractivity contribution in [3.63, 3.8) is 0 Å². The average molecular weight is 356 g/mol. The number of benzene rings is 1. The van der Waals surface area contributed by atoms with Crippen LogP contribution in [0.4, 0.5) is 0 Å². The monoisotopic (exact) mass is 356 g/mol. The molecular formula is C18H20N4O4. The van der Waals surface area contributed by atoms with Crippen LogP contribution in [0.25, 0.3) is 11.0 Å². The molecule has 3 aromatic rings. The van der Waals surface area contributed by atoms with Crippen LogP contribution in [0.2, 0.25) is 0 Å². The van der Waals surface area contributed by atoms with Crippen molar-refractivity contribution in [1.82, 2.24) is 19.3 Å². The van der Waals surface area contributed by atoms with E-state index in [2.05, 4.69) is 9.97 Å². The van der Waals surface area contributed by atoms with E-state index in [4.69, 9.17) is 4.74 Å². The van der Waals surface area contributed by atoms with Gasteiger partial charge in [0.05, 0.1) is 6.54 Å². The number of ether oxygens (including phenoxy) is 1. The maximum Gasteiger partial charge on any atom is 0.293 e. The van der Waals surface area contributed by atoms with E-state index in [9.17, 15) is 14.7 Å². The summed E-state index contributed by atoms with van der Waals surface area (Å²) in [6.45, 7) is 3.76. The van der Waals surface area contributed by atoms with Crippen LogP contribution in [-0.2, 0) is 13.6 Å². The number of aliphatic hydroxyl groups excluding tert-OH is 1. The first-order valence-electron chi connectivity index (χ1n) is 8.17. The Labute approximate surface area is 149 Å². The number of hydrogen-bond donors (Lipinski definition) is 1. The maximum atomic E-state index is 12.6. The van der Waals surface area contributed by atoms with Crippen LogP contribution in [0.15, 0.2) is 40.2 Å². The van der Waals surface area contributed by atoms with Gasteiger partial charge < -0.3 is 9.84 Å². The van der Waals surface area contributed by atoms with E-state index in [1.54, 1.807) is 0 Å². The van der Waals surface area contributed by atoms with Crippen LogP contribution in [-0.4, -0.2) is 37.1 Å². The summed E-state index contributed by atoms with van der Waals surface area (Å²) in [6, 6.07) is 5.80. The fourth-order valence-electron chi connectivity index (χ4n) is 2.68. The van der Waals surface area contributed by atoms with Gasteiger partial charge in [0.25, 0.3) is 11.1 Å². The Morgan fingerprint density at radius 1 is 1.12 bits per heavy atom. The highest BCUT2D eigenvalue weighted by atomic mass is 16.5. The van der Waals surface area contributed by atoms with E-state index in [0.29, 0.717) is 5.75 Å². The lowest BCUT2D eigenvalue weighted by Crippen LogP contribution is -2.41. The lowest BCUT2D eigenvalue weighted by atomic mass is 10.1. The standard InChI is InChI=1S/C18H20N4O4/c1-11-4-5-12(2)14(8-11)26-10-13(23)9-22-18(25)16-15(17(24)21(22)3)19-6-7-20-16/h4-8,13,23H,9-10H2,1-3H3. The van der Waals surface area contributed by atoms with Gasteiger partial charge in [-0.3, -0.25) is 9.59 Å². The summed E-state index contributed by atoms with van der Waals surface area (Å²) in [4.78, 5) is 32.8. The zero-order chi connectivity index (χ0) is 18.8. The summed E-state index contributed by atoms with van der Waals surface area (Å²) in [5, 5.41) is 10.3. The topological polar surface area (TPSA) is 99.2 Å². The molecule has 1 N–H and O–H groups in total. The van der Waals surface area contributed by atoms with Crippen molar-refractivity contribution in [3.05, 3.63) is 62.4 Å². The van der Waals surface area contributed by atoms with Crippen LogP contribution < -0.4 is 15.9 Å². The highest BCUT2D eigenvalue weighted by molar-refractivity contribution is 5.70. The third kappa shape index (κ3) is 3.36. The largest absolute Gasteiger partial charge is 0.491 e. The molecule has 2 heterocycles. The molecule has 0 saturated carbocycles. The fourth-order valence-corrected chi connectivity index (χ4v) is 2.68. The van der Waals surface area contributed by atoms with Gasteiger partial charge in [0.1, 0.15) is 18.5 Å². The molecular weight excluding hydrogens is 336 g/mol. The van der Waals surface area contributed by atoms with E-state index < -0.39 is 17.2 Å². The summed E-state index contributed by atoms with van der Waals surface area (Å²) in [6.07, 6.45) is 1.74. The van der Waals surface area contributed by atoms with Gasteiger partial charge in [0.2, 0.25) is 0 Å². The lowest BCUT2D eigenvalue weighted by molar-refractivity contribution is 0.0840. The van der Waals surface area contributed by atoms with Crippen LogP contribution in [0.1, 0.15) is 11.1 Å². The Hall–Kier alpha value is -3.00. The molecule has 3 rings (SSSR count). The number of aliphatic hydroxyl groups is 1. The van der Waals surface area contributed by atoms with Gasteiger partial charge in [-0.05, 0) is 31.0 Å². The Morgan fingerprint density at radius 3 is 2.46 bits per heavy atom. The highest BCUT2D eigenvalue weighted by Crippen LogP contribution is 2.19. The first-order valence-corrected chi connectivity index (χ1v) is 8.17. The second-order valence-corrected chi connectivity index (χ2v) is 6.20. The molecule has 1 atom stereocenters. The van der Waals surface area contributed by atoms with Gasteiger partial charge in [0.15, 0.2) is 11.0 Å². The van der Waals surface area contributed by atoms with E-state index in [0.717, 1.165) is 20.5 Å². The molecule has 0 aliphatic carbocycles. The van der Waals surface area contributed by atoms with Gasteiger partial charge >= 0.3 is 0 Å². The van der Waals surface area contributed by atoms with Crippen molar-refractivity contribution in [3.8, 4) is 5.75 Å². The van der Waals surface area contributed by atoms with E-state index in [1.807, 2.05) is 32.0 Å². The van der Waals surface area contributed by atoms with Crippen molar-refractivity contribution < 1.29 is 9.84 Å². The van der Waals surface area contributed by atoms with Crippen LogP contribution in [0, 0.1) is 13.8 Å². The van der Waals surface area contributed by atoms with Crippen molar-refractivity contribution >= 4 is 11.0 Å². The Kier molecular flexibility index (Phi) is 4.85. The number of nitrogens with zero attached hydrogens (tertiary/aromatic N) is 4. The highest BCUT2D eigenvalue weighted by Gasteiger charge is 2.16. The van der Waals surface area contributed by atoms with Crippen LogP contribution >= 0.6 is 0 Å². The third-order valence-electron chi connectivity index (χ3n) is 4.15. The number of aromatic nitrogens is 4. The summed E-state index contributed by atoms with van der Waals surface area (Å²) in [7, 11) is 1.45. The Balaban J connectivity index is 1.83. The summed E-state index contributed by atoms with van der Waals surface area (Å²) < 4.78 is 7.96. The van der Waals surface area contributed by atoms with Crippen molar-refractivity contribution in [2.75, 3.05) is 6.61 Å². The average Bonchev–Trinajstić information content (AvgIpc) is 2.64. The molecule has 8 nitrogen and oxygen atoms in total. The van der Waals surface area contributed by atoms with Crippen molar-refractivity contribution in [2.45, 2.75) is 26.5 Å². The molecule has 0 aliphatic heterocycles. The Bertz CT molecular complexity index is 1070. The summed E-state index contributed by atoms with van der Waals surface area (Å²) in [5.41, 5.74) is 1.06. The molecule has 0 spiro atoms. The molecule has 1 unspecified atom stereocenters. The molecule has 8 heteroatoms. The van der Waals surface area contributed by atoms with E-state index in [1.165, 1.54) is 19.4 Å².